The van der Waals surface area contributed by atoms with Crippen LogP contribution < -0.4 is 5.73 Å². The highest BCUT2D eigenvalue weighted by molar-refractivity contribution is 5.24. The van der Waals surface area contributed by atoms with E-state index < -0.39 is 0 Å². The van der Waals surface area contributed by atoms with E-state index in [9.17, 15) is 0 Å². The minimum atomic E-state index is 0.0944. The third-order valence-corrected chi connectivity index (χ3v) is 5.99. The van der Waals surface area contributed by atoms with Crippen LogP contribution in [-0.2, 0) is 12.8 Å². The Labute approximate surface area is 144 Å². The molecule has 1 heteroatoms. The highest BCUT2D eigenvalue weighted by Gasteiger charge is 2.37. The smallest absolute Gasteiger partial charge is 0.0183 e. The number of hydrogen-bond donors (Lipinski definition) is 1. The Morgan fingerprint density at radius 1 is 0.957 bits per heavy atom. The van der Waals surface area contributed by atoms with Crippen LogP contribution in [0.2, 0.25) is 0 Å². The molecule has 0 bridgehead atoms. The van der Waals surface area contributed by atoms with Gasteiger partial charge in [0.1, 0.15) is 0 Å². The van der Waals surface area contributed by atoms with Crippen LogP contribution in [0.1, 0.15) is 89.2 Å². The van der Waals surface area contributed by atoms with Crippen molar-refractivity contribution in [2.24, 2.45) is 11.7 Å². The highest BCUT2D eigenvalue weighted by atomic mass is 14.8. The molecule has 0 aromatic heterocycles. The van der Waals surface area contributed by atoms with Gasteiger partial charge in [-0.3, -0.25) is 0 Å². The molecule has 0 radical (unpaired) electrons. The Bertz CT molecular complexity index is 436. The summed E-state index contributed by atoms with van der Waals surface area (Å²) in [5, 5.41) is 0. The summed E-state index contributed by atoms with van der Waals surface area (Å²) in [5.41, 5.74) is 9.67. The molecule has 0 aliphatic heterocycles. The lowest BCUT2D eigenvalue weighted by Crippen LogP contribution is -2.43. The summed E-state index contributed by atoms with van der Waals surface area (Å²) in [6, 6.07) is 9.39. The molecule has 23 heavy (non-hydrogen) atoms. The fourth-order valence-electron chi connectivity index (χ4n) is 4.18. The molecule has 1 fully saturated rings. The molecule has 1 aromatic carbocycles. The van der Waals surface area contributed by atoms with Gasteiger partial charge in [-0.25, -0.2) is 0 Å². The average Bonchev–Trinajstić information content (AvgIpc) is 2.94. The Hall–Kier alpha value is -0.820. The van der Waals surface area contributed by atoms with Crippen molar-refractivity contribution < 1.29 is 0 Å². The van der Waals surface area contributed by atoms with Gasteiger partial charge in [0, 0.05) is 5.54 Å². The van der Waals surface area contributed by atoms with E-state index in [1.54, 1.807) is 0 Å². The van der Waals surface area contributed by atoms with Crippen molar-refractivity contribution in [1.82, 2.24) is 0 Å². The number of rotatable bonds is 10. The van der Waals surface area contributed by atoms with E-state index in [4.69, 9.17) is 5.73 Å². The van der Waals surface area contributed by atoms with Gasteiger partial charge in [-0.2, -0.15) is 0 Å². The van der Waals surface area contributed by atoms with Gasteiger partial charge in [0.25, 0.3) is 0 Å². The van der Waals surface area contributed by atoms with Gasteiger partial charge < -0.3 is 5.73 Å². The predicted molar refractivity (Wildman–Crippen MR) is 102 cm³/mol. The predicted octanol–water partition coefficient (Wildman–Crippen LogP) is 6.04. The summed E-state index contributed by atoms with van der Waals surface area (Å²) in [6.45, 7) is 4.53. The van der Waals surface area contributed by atoms with E-state index in [1.807, 2.05) is 0 Å². The SMILES string of the molecule is CCCCCCCCc1ccc(CC2CCCC2(N)CC)cc1. The van der Waals surface area contributed by atoms with Gasteiger partial charge in [0.15, 0.2) is 0 Å². The van der Waals surface area contributed by atoms with Crippen LogP contribution in [0.3, 0.4) is 0 Å². The van der Waals surface area contributed by atoms with Crippen molar-refractivity contribution >= 4 is 0 Å². The summed E-state index contributed by atoms with van der Waals surface area (Å²) < 4.78 is 0. The lowest BCUT2D eigenvalue weighted by Gasteiger charge is -2.30. The molecule has 2 rings (SSSR count). The molecule has 1 aliphatic carbocycles. The monoisotopic (exact) mass is 315 g/mol. The molecule has 1 saturated carbocycles. The molecule has 0 heterocycles. The average molecular weight is 316 g/mol. The summed E-state index contributed by atoms with van der Waals surface area (Å²) >= 11 is 0. The zero-order valence-electron chi connectivity index (χ0n) is 15.4. The van der Waals surface area contributed by atoms with Crippen LogP contribution in [0.15, 0.2) is 24.3 Å². The van der Waals surface area contributed by atoms with E-state index in [0.717, 1.165) is 6.42 Å². The van der Waals surface area contributed by atoms with E-state index in [2.05, 4.69) is 38.1 Å². The van der Waals surface area contributed by atoms with Gasteiger partial charge in [0.05, 0.1) is 0 Å². The maximum absolute atomic E-state index is 6.60. The van der Waals surface area contributed by atoms with Crippen LogP contribution in [0.4, 0.5) is 0 Å². The molecule has 1 aliphatic rings. The van der Waals surface area contributed by atoms with Gasteiger partial charge >= 0.3 is 0 Å². The lowest BCUT2D eigenvalue weighted by molar-refractivity contribution is 0.304. The van der Waals surface area contributed by atoms with Crippen molar-refractivity contribution in [3.05, 3.63) is 35.4 Å². The molecule has 0 amide bonds. The first-order chi connectivity index (χ1) is 11.2. The van der Waals surface area contributed by atoms with Crippen LogP contribution >= 0.6 is 0 Å². The fraction of sp³-hybridized carbons (Fsp3) is 0.727. The first kappa shape index (κ1) is 18.5. The maximum atomic E-state index is 6.60. The van der Waals surface area contributed by atoms with Crippen LogP contribution in [0, 0.1) is 5.92 Å². The third kappa shape index (κ3) is 5.64. The summed E-state index contributed by atoms with van der Waals surface area (Å²) in [7, 11) is 0. The van der Waals surface area contributed by atoms with Crippen LogP contribution in [-0.4, -0.2) is 5.54 Å². The fourth-order valence-corrected chi connectivity index (χ4v) is 4.18. The first-order valence-corrected chi connectivity index (χ1v) is 10.0. The van der Waals surface area contributed by atoms with Gasteiger partial charge in [-0.05, 0) is 55.6 Å². The molecule has 1 aromatic rings. The second-order valence-corrected chi connectivity index (χ2v) is 7.71. The van der Waals surface area contributed by atoms with Crippen LogP contribution in [0.5, 0.6) is 0 Å². The van der Waals surface area contributed by atoms with E-state index in [-0.39, 0.29) is 5.54 Å². The minimum absolute atomic E-state index is 0.0944. The molecule has 2 atom stereocenters. The van der Waals surface area contributed by atoms with Gasteiger partial charge in [-0.1, -0.05) is 76.6 Å². The second-order valence-electron chi connectivity index (χ2n) is 7.71. The number of aryl methyl sites for hydroxylation is 1. The zero-order valence-corrected chi connectivity index (χ0v) is 15.4. The number of hydrogen-bond acceptors (Lipinski definition) is 1. The van der Waals surface area contributed by atoms with Crippen LogP contribution in [0.25, 0.3) is 0 Å². The Morgan fingerprint density at radius 2 is 1.61 bits per heavy atom. The van der Waals surface area contributed by atoms with Crippen molar-refractivity contribution in [1.29, 1.82) is 0 Å². The van der Waals surface area contributed by atoms with Crippen molar-refractivity contribution in [3.63, 3.8) is 0 Å². The second kappa shape index (κ2) is 9.47. The number of benzene rings is 1. The first-order valence-electron chi connectivity index (χ1n) is 10.0. The Morgan fingerprint density at radius 3 is 2.30 bits per heavy atom. The quantitative estimate of drug-likeness (QED) is 0.523. The normalized spacial score (nSPS) is 24.2. The summed E-state index contributed by atoms with van der Waals surface area (Å²) in [6.07, 6.45) is 15.6. The molecule has 1 nitrogen and oxygen atoms in total. The van der Waals surface area contributed by atoms with E-state index >= 15 is 0 Å². The van der Waals surface area contributed by atoms with Crippen molar-refractivity contribution in [3.8, 4) is 0 Å². The van der Waals surface area contributed by atoms with Crippen molar-refractivity contribution in [2.45, 2.75) is 96.4 Å². The standard InChI is InChI=1S/C22H37N/c1-3-5-6-7-8-9-11-19-13-15-20(16-14-19)18-21-12-10-17-22(21,23)4-2/h13-16,21H,3-12,17-18,23H2,1-2H3. The lowest BCUT2D eigenvalue weighted by atomic mass is 9.81. The summed E-state index contributed by atoms with van der Waals surface area (Å²) in [4.78, 5) is 0. The number of unbranched alkanes of at least 4 members (excludes halogenated alkanes) is 5. The Kier molecular flexibility index (Phi) is 7.62. The largest absolute Gasteiger partial charge is 0.325 e. The minimum Gasteiger partial charge on any atom is -0.325 e. The topological polar surface area (TPSA) is 26.0 Å². The Balaban J connectivity index is 1.74. The van der Waals surface area contributed by atoms with E-state index in [1.165, 1.54) is 81.8 Å². The molecular weight excluding hydrogens is 278 g/mol. The molecule has 2 unspecified atom stereocenters. The van der Waals surface area contributed by atoms with Gasteiger partial charge in [0.2, 0.25) is 0 Å². The highest BCUT2D eigenvalue weighted by Crippen LogP contribution is 2.38. The third-order valence-electron chi connectivity index (χ3n) is 5.99. The van der Waals surface area contributed by atoms with Crippen molar-refractivity contribution in [2.75, 3.05) is 0 Å². The molecule has 2 N–H and O–H groups in total. The molecular formula is C22H37N. The maximum Gasteiger partial charge on any atom is 0.0183 e. The molecule has 0 spiro atoms. The number of nitrogens with two attached hydrogens (primary N) is 1. The molecule has 0 saturated heterocycles. The van der Waals surface area contributed by atoms with Gasteiger partial charge in [-0.15, -0.1) is 0 Å². The van der Waals surface area contributed by atoms with E-state index in [0.29, 0.717) is 5.92 Å². The summed E-state index contributed by atoms with van der Waals surface area (Å²) in [5.74, 6) is 0.678. The molecule has 130 valence electrons. The zero-order chi connectivity index (χ0) is 16.5.